The summed E-state index contributed by atoms with van der Waals surface area (Å²) in [5, 5.41) is 5.20. The molecule has 166 valence electrons. The van der Waals surface area contributed by atoms with Crippen molar-refractivity contribution in [2.45, 2.75) is 45.4 Å². The number of carbonyl (C=O) groups excluding carboxylic acids is 1. The topological polar surface area (TPSA) is 20.3 Å². The normalized spacial score (nSPS) is 19.9. The number of benzene rings is 4. The molecule has 3 heteroatoms. The van der Waals surface area contributed by atoms with Gasteiger partial charge in [0.2, 0.25) is 5.91 Å². The van der Waals surface area contributed by atoms with Crippen LogP contribution >= 0.6 is 0 Å². The van der Waals surface area contributed by atoms with Gasteiger partial charge >= 0.3 is 0 Å². The summed E-state index contributed by atoms with van der Waals surface area (Å²) in [6.07, 6.45) is 3.21. The third-order valence-electron chi connectivity index (χ3n) is 7.83. The first kappa shape index (κ1) is 20.4. The highest BCUT2D eigenvalue weighted by atomic mass is 19.1. The van der Waals surface area contributed by atoms with Gasteiger partial charge in [0.05, 0.1) is 0 Å². The average Bonchev–Trinajstić information content (AvgIpc) is 3.23. The van der Waals surface area contributed by atoms with E-state index >= 15 is 0 Å². The molecule has 1 unspecified atom stereocenters. The van der Waals surface area contributed by atoms with Crippen molar-refractivity contribution in [2.75, 3.05) is 11.4 Å². The van der Waals surface area contributed by atoms with E-state index in [1.54, 1.807) is 11.0 Å². The summed E-state index contributed by atoms with van der Waals surface area (Å²) in [5.41, 5.74) is 4.45. The molecule has 0 N–H and O–H groups in total. The summed E-state index contributed by atoms with van der Waals surface area (Å²) in [6.45, 7) is 5.27. The van der Waals surface area contributed by atoms with Gasteiger partial charge in [0.25, 0.3) is 0 Å². The lowest BCUT2D eigenvalue weighted by atomic mass is 9.63. The molecule has 1 fully saturated rings. The molecule has 1 saturated heterocycles. The molecule has 1 aliphatic heterocycles. The minimum absolute atomic E-state index is 0.0347. The summed E-state index contributed by atoms with van der Waals surface area (Å²) in [7, 11) is 0. The number of carbonyl (C=O) groups is 1. The molecule has 4 aromatic rings. The molecular formula is C30H28FNO. The molecule has 1 amide bonds. The van der Waals surface area contributed by atoms with Gasteiger partial charge < -0.3 is 4.90 Å². The van der Waals surface area contributed by atoms with E-state index in [1.165, 1.54) is 38.7 Å². The van der Waals surface area contributed by atoms with Crippen molar-refractivity contribution in [3.63, 3.8) is 0 Å². The monoisotopic (exact) mass is 437 g/mol. The molecule has 0 aromatic heterocycles. The number of amides is 1. The zero-order chi connectivity index (χ0) is 22.7. The van der Waals surface area contributed by atoms with E-state index in [0.29, 0.717) is 18.7 Å². The lowest BCUT2D eigenvalue weighted by molar-refractivity contribution is -0.117. The molecule has 1 heterocycles. The Kier molecular flexibility index (Phi) is 4.58. The van der Waals surface area contributed by atoms with Crippen molar-refractivity contribution in [3.05, 3.63) is 89.2 Å². The number of hydrogen-bond donors (Lipinski definition) is 0. The lowest BCUT2D eigenvalue weighted by Crippen LogP contribution is -2.32. The van der Waals surface area contributed by atoms with Crippen molar-refractivity contribution in [2.24, 2.45) is 5.41 Å². The third kappa shape index (κ3) is 3.33. The Hall–Kier alpha value is -3.20. The highest BCUT2D eigenvalue weighted by Gasteiger charge is 2.37. The molecule has 1 atom stereocenters. The highest BCUT2D eigenvalue weighted by Crippen LogP contribution is 2.48. The van der Waals surface area contributed by atoms with Gasteiger partial charge in [-0.1, -0.05) is 62.4 Å². The van der Waals surface area contributed by atoms with E-state index in [2.05, 4.69) is 68.4 Å². The fourth-order valence-electron chi connectivity index (χ4n) is 6.11. The number of rotatable bonds is 2. The maximum absolute atomic E-state index is 14.7. The van der Waals surface area contributed by atoms with Gasteiger partial charge in [-0.05, 0) is 87.0 Å². The van der Waals surface area contributed by atoms with Gasteiger partial charge in [-0.2, -0.15) is 0 Å². The molecule has 4 aromatic carbocycles. The van der Waals surface area contributed by atoms with Gasteiger partial charge in [0.15, 0.2) is 0 Å². The molecule has 0 saturated carbocycles. The number of anilines is 1. The third-order valence-corrected chi connectivity index (χ3v) is 7.83. The predicted molar refractivity (Wildman–Crippen MR) is 133 cm³/mol. The summed E-state index contributed by atoms with van der Waals surface area (Å²) < 4.78 is 14.7. The fraction of sp³-hybridized carbons (Fsp3) is 0.300. The first-order valence-corrected chi connectivity index (χ1v) is 11.9. The number of nitrogens with zero attached hydrogens (tertiary/aromatic N) is 1. The molecule has 2 aliphatic rings. The standard InChI is InChI=1S/C30H28FNO/c1-30(2)18-27-20(10-12-25-24-7-4-3-6-19(24)9-11-26(25)27)16-28(30)21-14-22(31)17-23(15-21)32-13-5-8-29(32)33/h3-4,6-7,9-12,14-15,17,28H,5,8,13,16,18H2,1-2H3. The van der Waals surface area contributed by atoms with Crippen LogP contribution in [0.15, 0.2) is 66.7 Å². The van der Waals surface area contributed by atoms with Crippen LogP contribution in [0.5, 0.6) is 0 Å². The fourth-order valence-corrected chi connectivity index (χ4v) is 6.11. The smallest absolute Gasteiger partial charge is 0.227 e. The Morgan fingerprint density at radius 1 is 0.939 bits per heavy atom. The van der Waals surface area contributed by atoms with Crippen LogP contribution in [0.2, 0.25) is 0 Å². The van der Waals surface area contributed by atoms with E-state index < -0.39 is 0 Å². The summed E-state index contributed by atoms with van der Waals surface area (Å²) >= 11 is 0. The Morgan fingerprint density at radius 3 is 2.58 bits per heavy atom. The van der Waals surface area contributed by atoms with Crippen molar-refractivity contribution in [1.29, 1.82) is 0 Å². The van der Waals surface area contributed by atoms with E-state index in [1.807, 2.05) is 0 Å². The second-order valence-corrected chi connectivity index (χ2v) is 10.4. The van der Waals surface area contributed by atoms with Crippen molar-refractivity contribution in [3.8, 4) is 0 Å². The summed E-state index contributed by atoms with van der Waals surface area (Å²) in [4.78, 5) is 14.0. The maximum atomic E-state index is 14.7. The van der Waals surface area contributed by atoms with Crippen LogP contribution in [-0.2, 0) is 17.6 Å². The molecule has 0 radical (unpaired) electrons. The van der Waals surface area contributed by atoms with Crippen molar-refractivity contribution < 1.29 is 9.18 Å². The molecule has 0 bridgehead atoms. The quantitative estimate of drug-likeness (QED) is 0.305. The Balaban J connectivity index is 1.45. The summed E-state index contributed by atoms with van der Waals surface area (Å²) in [6, 6.07) is 22.8. The zero-order valence-electron chi connectivity index (χ0n) is 19.2. The van der Waals surface area contributed by atoms with E-state index in [-0.39, 0.29) is 23.1 Å². The van der Waals surface area contributed by atoms with Crippen molar-refractivity contribution >= 4 is 33.1 Å². The molecular weight excluding hydrogens is 409 g/mol. The first-order chi connectivity index (χ1) is 15.9. The van der Waals surface area contributed by atoms with Gasteiger partial charge in [-0.25, -0.2) is 4.39 Å². The SMILES string of the molecule is CC1(C)Cc2c(ccc3c2ccc2ccccc23)CC1c1cc(F)cc(N2CCCC2=O)c1. The lowest BCUT2D eigenvalue weighted by Gasteiger charge is -2.41. The van der Waals surface area contributed by atoms with Crippen LogP contribution in [-0.4, -0.2) is 12.5 Å². The van der Waals surface area contributed by atoms with Gasteiger partial charge in [-0.15, -0.1) is 0 Å². The predicted octanol–water partition coefficient (Wildman–Crippen LogP) is 7.17. The number of halogens is 1. The van der Waals surface area contributed by atoms with Crippen LogP contribution in [0.3, 0.4) is 0 Å². The highest BCUT2D eigenvalue weighted by molar-refractivity contribution is 6.08. The Bertz CT molecular complexity index is 1420. The second-order valence-electron chi connectivity index (χ2n) is 10.4. The van der Waals surface area contributed by atoms with Crippen LogP contribution in [0.4, 0.5) is 10.1 Å². The molecule has 1 aliphatic carbocycles. The van der Waals surface area contributed by atoms with E-state index in [9.17, 15) is 9.18 Å². The number of fused-ring (bicyclic) bond motifs is 5. The molecule has 33 heavy (non-hydrogen) atoms. The van der Waals surface area contributed by atoms with Crippen LogP contribution in [0, 0.1) is 11.2 Å². The second kappa shape index (κ2) is 7.41. The molecule has 2 nitrogen and oxygen atoms in total. The minimum atomic E-state index is -0.256. The number of hydrogen-bond acceptors (Lipinski definition) is 1. The molecule has 0 spiro atoms. The van der Waals surface area contributed by atoms with E-state index in [0.717, 1.165) is 24.8 Å². The van der Waals surface area contributed by atoms with Crippen molar-refractivity contribution in [1.82, 2.24) is 0 Å². The minimum Gasteiger partial charge on any atom is -0.312 e. The maximum Gasteiger partial charge on any atom is 0.227 e. The first-order valence-electron chi connectivity index (χ1n) is 11.9. The van der Waals surface area contributed by atoms with Crippen LogP contribution in [0.1, 0.15) is 49.3 Å². The Labute approximate surface area is 194 Å². The van der Waals surface area contributed by atoms with Crippen LogP contribution in [0.25, 0.3) is 21.5 Å². The van der Waals surface area contributed by atoms with Gasteiger partial charge in [-0.3, -0.25) is 4.79 Å². The summed E-state index contributed by atoms with van der Waals surface area (Å²) in [5.74, 6) is 0.0299. The molecule has 6 rings (SSSR count). The largest absolute Gasteiger partial charge is 0.312 e. The average molecular weight is 438 g/mol. The Morgan fingerprint density at radius 2 is 1.76 bits per heavy atom. The zero-order valence-corrected chi connectivity index (χ0v) is 19.2. The van der Waals surface area contributed by atoms with E-state index in [4.69, 9.17) is 0 Å². The van der Waals surface area contributed by atoms with Crippen LogP contribution < -0.4 is 4.90 Å². The van der Waals surface area contributed by atoms with Gasteiger partial charge in [0, 0.05) is 18.7 Å². The van der Waals surface area contributed by atoms with Gasteiger partial charge in [0.1, 0.15) is 5.82 Å².